The van der Waals surface area contributed by atoms with Crippen molar-refractivity contribution in [2.24, 2.45) is 0 Å². The highest BCUT2D eigenvalue weighted by Gasteiger charge is 2.13. The summed E-state index contributed by atoms with van der Waals surface area (Å²) in [7, 11) is 2.67. The van der Waals surface area contributed by atoms with Crippen molar-refractivity contribution in [2.45, 2.75) is 12.8 Å². The van der Waals surface area contributed by atoms with Crippen molar-refractivity contribution in [1.82, 2.24) is 4.90 Å². The van der Waals surface area contributed by atoms with Gasteiger partial charge in [-0.25, -0.2) is 0 Å². The number of rotatable bonds is 1. The first-order valence-electron chi connectivity index (χ1n) is 3.27. The third-order valence-electron chi connectivity index (χ3n) is 1.67. The first-order chi connectivity index (χ1) is 4.33. The fourth-order valence-electron chi connectivity index (χ4n) is 0.985. The maximum absolute atomic E-state index is 10.7. The third-order valence-corrected chi connectivity index (χ3v) is 2.19. The van der Waals surface area contributed by atoms with E-state index in [2.05, 4.69) is 14.1 Å². The minimum absolute atomic E-state index is 0.421. The molecule has 2 nitrogen and oxygen atoms in total. The number of hydrogen-bond donors (Lipinski definition) is 0. The number of carbonyl (C=O) groups excluding carboxylic acids is 1. The van der Waals surface area contributed by atoms with Gasteiger partial charge in [0.25, 0.3) is 0 Å². The molecule has 52 valence electrons. The van der Waals surface area contributed by atoms with Crippen LogP contribution in [0.4, 0.5) is 0 Å². The molecule has 0 amide bonds. The molecule has 1 heterocycles. The summed E-state index contributed by atoms with van der Waals surface area (Å²) in [4.78, 5) is 13.0. The lowest BCUT2D eigenvalue weighted by atomic mass is 10.1. The average Bonchev–Trinajstić information content (AvgIpc) is 1.90. The molecule has 1 fully saturated rings. The Labute approximate surface area is 57.8 Å². The maximum atomic E-state index is 10.7. The van der Waals surface area contributed by atoms with Crippen LogP contribution in [-0.4, -0.2) is 30.1 Å². The van der Waals surface area contributed by atoms with E-state index in [1.807, 2.05) is 0 Å². The van der Waals surface area contributed by atoms with Crippen LogP contribution in [0.15, 0.2) is 0 Å². The number of hydrogen-bond acceptors (Lipinski definition) is 2. The lowest BCUT2D eigenvalue weighted by molar-refractivity contribution is -0.121. The highest BCUT2D eigenvalue weighted by molar-refractivity contribution is 7.16. The van der Waals surface area contributed by atoms with E-state index in [1.165, 1.54) is 0 Å². The van der Waals surface area contributed by atoms with Gasteiger partial charge in [-0.05, 0) is 0 Å². The molecule has 1 rings (SSSR count). The minimum Gasteiger partial charge on any atom is -0.300 e. The second-order valence-electron chi connectivity index (χ2n) is 2.34. The predicted octanol–water partition coefficient (Wildman–Crippen LogP) is 0.484. The van der Waals surface area contributed by atoms with Gasteiger partial charge in [0.2, 0.25) is 0 Å². The molecule has 1 aliphatic heterocycles. The monoisotopic (exact) mass is 145 g/mol. The van der Waals surface area contributed by atoms with E-state index >= 15 is 0 Å². The van der Waals surface area contributed by atoms with Gasteiger partial charge in [0.15, 0.2) is 0 Å². The molecule has 1 atom stereocenters. The number of Topliss-reactive ketones (excluding diaryl/α,β-unsaturated/α-hetero) is 1. The summed E-state index contributed by atoms with van der Waals surface area (Å²) < 4.78 is 0. The first kappa shape index (κ1) is 7.17. The number of piperidine rings is 1. The Morgan fingerprint density at radius 1 is 1.44 bits per heavy atom. The summed E-state index contributed by atoms with van der Waals surface area (Å²) in [6, 6.07) is 0. The molecular formula is C6H12NOP. The largest absolute Gasteiger partial charge is 0.300 e. The second-order valence-corrected chi connectivity index (χ2v) is 2.70. The Hall–Kier alpha value is 0.0600. The number of ketones is 1. The normalized spacial score (nSPS) is 22.6. The van der Waals surface area contributed by atoms with E-state index < -0.39 is 0 Å². The Morgan fingerprint density at radius 3 is 2.44 bits per heavy atom. The van der Waals surface area contributed by atoms with Crippen LogP contribution in [0.25, 0.3) is 0 Å². The molecule has 0 spiro atoms. The van der Waals surface area contributed by atoms with Crippen LogP contribution < -0.4 is 0 Å². The van der Waals surface area contributed by atoms with Crippen molar-refractivity contribution in [3.05, 3.63) is 0 Å². The molecule has 1 saturated heterocycles. The third kappa shape index (κ3) is 2.04. The van der Waals surface area contributed by atoms with Gasteiger partial charge < -0.3 is 0 Å². The molecule has 9 heavy (non-hydrogen) atoms. The van der Waals surface area contributed by atoms with Crippen LogP contribution in [0.2, 0.25) is 0 Å². The lowest BCUT2D eigenvalue weighted by Gasteiger charge is -2.23. The molecule has 1 aliphatic rings. The minimum atomic E-state index is 0.421. The van der Waals surface area contributed by atoms with Crippen LogP contribution in [-0.2, 0) is 4.79 Å². The molecule has 0 aromatic rings. The Kier molecular flexibility index (Phi) is 2.62. The fourth-order valence-corrected chi connectivity index (χ4v) is 1.35. The predicted molar refractivity (Wildman–Crippen MR) is 40.4 cm³/mol. The van der Waals surface area contributed by atoms with Crippen LogP contribution in [0, 0.1) is 0 Å². The van der Waals surface area contributed by atoms with E-state index in [4.69, 9.17) is 0 Å². The van der Waals surface area contributed by atoms with E-state index in [-0.39, 0.29) is 0 Å². The summed E-state index contributed by atoms with van der Waals surface area (Å²) in [5, 5.41) is 0. The molecule has 0 N–H and O–H groups in total. The summed E-state index contributed by atoms with van der Waals surface area (Å²) >= 11 is 0. The molecule has 0 radical (unpaired) electrons. The van der Waals surface area contributed by atoms with Crippen LogP contribution >= 0.6 is 9.24 Å². The molecule has 0 aromatic carbocycles. The van der Waals surface area contributed by atoms with Crippen molar-refractivity contribution in [2.75, 3.05) is 19.4 Å². The molecule has 0 aliphatic carbocycles. The van der Waals surface area contributed by atoms with Gasteiger partial charge in [-0.2, -0.15) is 0 Å². The molecular weight excluding hydrogens is 133 g/mol. The van der Waals surface area contributed by atoms with Gasteiger partial charge >= 0.3 is 0 Å². The van der Waals surface area contributed by atoms with Crippen molar-refractivity contribution >= 4 is 15.0 Å². The first-order valence-corrected chi connectivity index (χ1v) is 4.08. The number of likely N-dealkylation sites (tertiary alicyclic amines) is 1. The van der Waals surface area contributed by atoms with Crippen molar-refractivity contribution < 1.29 is 4.79 Å². The van der Waals surface area contributed by atoms with E-state index in [0.717, 1.165) is 32.2 Å². The van der Waals surface area contributed by atoms with E-state index in [0.29, 0.717) is 5.78 Å². The van der Waals surface area contributed by atoms with Gasteiger partial charge in [-0.1, -0.05) is 0 Å². The van der Waals surface area contributed by atoms with Crippen molar-refractivity contribution in [3.63, 3.8) is 0 Å². The van der Waals surface area contributed by atoms with E-state index in [9.17, 15) is 4.79 Å². The van der Waals surface area contributed by atoms with Gasteiger partial charge in [0.1, 0.15) is 5.78 Å². The highest BCUT2D eigenvalue weighted by Crippen LogP contribution is 2.05. The standard InChI is InChI=1S/C6H12NOP/c8-6-1-3-7(5-9)4-2-6/h1-5,9H2. The zero-order valence-electron chi connectivity index (χ0n) is 5.47. The smallest absolute Gasteiger partial charge is 0.135 e. The maximum Gasteiger partial charge on any atom is 0.135 e. The molecule has 1 unspecified atom stereocenters. The Balaban J connectivity index is 2.26. The van der Waals surface area contributed by atoms with Gasteiger partial charge in [-0.3, -0.25) is 9.69 Å². The van der Waals surface area contributed by atoms with E-state index in [1.54, 1.807) is 0 Å². The van der Waals surface area contributed by atoms with Gasteiger partial charge in [0, 0.05) is 32.2 Å². The quantitative estimate of drug-likeness (QED) is 0.500. The second kappa shape index (κ2) is 3.28. The van der Waals surface area contributed by atoms with Gasteiger partial charge in [0.05, 0.1) is 0 Å². The number of carbonyl (C=O) groups is 1. The molecule has 0 aromatic heterocycles. The Bertz CT molecular complexity index is 106. The molecule has 0 saturated carbocycles. The summed E-state index contributed by atoms with van der Waals surface area (Å²) in [6.45, 7) is 1.92. The van der Waals surface area contributed by atoms with Crippen LogP contribution in [0.3, 0.4) is 0 Å². The van der Waals surface area contributed by atoms with Crippen molar-refractivity contribution in [1.29, 1.82) is 0 Å². The van der Waals surface area contributed by atoms with Crippen LogP contribution in [0.5, 0.6) is 0 Å². The SMILES string of the molecule is O=C1CCN(CP)CC1. The average molecular weight is 145 g/mol. The highest BCUT2D eigenvalue weighted by atomic mass is 31.0. The fraction of sp³-hybridized carbons (Fsp3) is 0.833. The molecule has 3 heteroatoms. The molecule has 0 bridgehead atoms. The zero-order chi connectivity index (χ0) is 6.69. The topological polar surface area (TPSA) is 20.3 Å². The number of nitrogens with zero attached hydrogens (tertiary/aromatic N) is 1. The van der Waals surface area contributed by atoms with Gasteiger partial charge in [-0.15, -0.1) is 9.24 Å². The lowest BCUT2D eigenvalue weighted by Crippen LogP contribution is -2.32. The Morgan fingerprint density at radius 2 is 2.00 bits per heavy atom. The van der Waals surface area contributed by atoms with Crippen LogP contribution in [0.1, 0.15) is 12.8 Å². The van der Waals surface area contributed by atoms with Crippen molar-refractivity contribution in [3.8, 4) is 0 Å². The summed E-state index contributed by atoms with van der Waals surface area (Å²) in [5.41, 5.74) is 0. The summed E-state index contributed by atoms with van der Waals surface area (Å²) in [6.07, 6.45) is 2.52. The zero-order valence-corrected chi connectivity index (χ0v) is 6.62. The summed E-state index contributed by atoms with van der Waals surface area (Å²) in [5.74, 6) is 0.421.